The van der Waals surface area contributed by atoms with E-state index in [2.05, 4.69) is 15.7 Å². The lowest BCUT2D eigenvalue weighted by Crippen LogP contribution is -2.59. The summed E-state index contributed by atoms with van der Waals surface area (Å²) >= 11 is 0. The first-order valence-electron chi connectivity index (χ1n) is 9.25. The van der Waals surface area contributed by atoms with E-state index in [0.717, 1.165) is 32.1 Å². The first-order valence-corrected chi connectivity index (χ1v) is 9.25. The number of hydrazine groups is 1. The molecule has 3 atom stereocenters. The number of anilines is 1. The van der Waals surface area contributed by atoms with Crippen LogP contribution in [0.2, 0.25) is 0 Å². The fraction of sp³-hybridized carbons (Fsp3) is 0.526. The van der Waals surface area contributed by atoms with Crippen LogP contribution >= 0.6 is 0 Å². The van der Waals surface area contributed by atoms with E-state index in [0.29, 0.717) is 5.69 Å². The summed E-state index contributed by atoms with van der Waals surface area (Å²) in [5.41, 5.74) is 3.51. The molecule has 7 heteroatoms. The number of nitrogens with one attached hydrogen (secondary N) is 2. The monoisotopic (exact) mass is 358 g/mol. The molecular weight excluding hydrogens is 332 g/mol. The smallest absolute Gasteiger partial charge is 0.288 e. The second-order valence-corrected chi connectivity index (χ2v) is 6.94. The fourth-order valence-corrected chi connectivity index (χ4v) is 3.53. The first-order chi connectivity index (χ1) is 12.6. The molecular formula is C19H26N4O3. The maximum absolute atomic E-state index is 12.7. The van der Waals surface area contributed by atoms with Crippen molar-refractivity contribution in [2.45, 2.75) is 51.1 Å². The highest BCUT2D eigenvalue weighted by molar-refractivity contribution is 6.39. The first kappa shape index (κ1) is 18.4. The van der Waals surface area contributed by atoms with Crippen LogP contribution in [0.4, 0.5) is 5.69 Å². The van der Waals surface area contributed by atoms with Crippen molar-refractivity contribution in [2.24, 2.45) is 10.9 Å². The summed E-state index contributed by atoms with van der Waals surface area (Å²) in [6, 6.07) is 8.41. The second-order valence-electron chi connectivity index (χ2n) is 6.94. The molecule has 0 aromatic heterocycles. The molecule has 1 aliphatic heterocycles. The third-order valence-corrected chi connectivity index (χ3v) is 5.06. The van der Waals surface area contributed by atoms with Crippen molar-refractivity contribution < 1.29 is 14.7 Å². The largest absolute Gasteiger partial charge is 0.396 e. The van der Waals surface area contributed by atoms with Crippen molar-refractivity contribution in [3.8, 4) is 0 Å². The average Bonchev–Trinajstić information content (AvgIpc) is 2.89. The Morgan fingerprint density at radius 2 is 2.00 bits per heavy atom. The predicted molar refractivity (Wildman–Crippen MR) is 99.6 cm³/mol. The Kier molecular flexibility index (Phi) is 5.88. The van der Waals surface area contributed by atoms with Crippen LogP contribution in [0.3, 0.4) is 0 Å². The number of carbonyl (C=O) groups excluding carboxylic acids is 2. The van der Waals surface area contributed by atoms with Crippen molar-refractivity contribution in [2.75, 3.05) is 11.6 Å². The van der Waals surface area contributed by atoms with Gasteiger partial charge in [-0.1, -0.05) is 37.5 Å². The van der Waals surface area contributed by atoms with Crippen molar-refractivity contribution in [1.82, 2.24) is 10.7 Å². The number of amidine groups is 1. The fourth-order valence-electron chi connectivity index (χ4n) is 3.53. The van der Waals surface area contributed by atoms with Gasteiger partial charge in [0.25, 0.3) is 11.8 Å². The van der Waals surface area contributed by atoms with E-state index in [1.54, 1.807) is 19.1 Å². The standard InChI is InChI=1S/C19H26N4O3/c1-13-19(26)23(15-9-5-3-6-10-15)22-17(20-13)18(25)21-16-11-7-2-4-8-14(16)12-24/h3,5-6,9-10,13-14,16,24H,2,4,7-8,11-12H2,1H3,(H,20,22)(H,21,25)/t13-,14-,16-/m0/s1. The summed E-state index contributed by atoms with van der Waals surface area (Å²) in [5, 5.41) is 14.0. The molecule has 26 heavy (non-hydrogen) atoms. The van der Waals surface area contributed by atoms with Gasteiger partial charge in [0.2, 0.25) is 5.84 Å². The van der Waals surface area contributed by atoms with Gasteiger partial charge in [-0.3, -0.25) is 15.0 Å². The van der Waals surface area contributed by atoms with E-state index in [1.165, 1.54) is 5.01 Å². The molecule has 7 nitrogen and oxygen atoms in total. The minimum atomic E-state index is -0.639. The summed E-state index contributed by atoms with van der Waals surface area (Å²) in [6.07, 6.45) is 4.99. The molecule has 140 valence electrons. The van der Waals surface area contributed by atoms with Crippen molar-refractivity contribution >= 4 is 23.3 Å². The number of hydrogen-bond acceptors (Lipinski definition) is 5. The zero-order valence-corrected chi connectivity index (χ0v) is 15.0. The van der Waals surface area contributed by atoms with Gasteiger partial charge >= 0.3 is 0 Å². The number of aliphatic hydroxyl groups is 1. The van der Waals surface area contributed by atoms with Crippen LogP contribution in [0.5, 0.6) is 0 Å². The number of amides is 2. The Bertz CT molecular complexity index is 677. The summed E-state index contributed by atoms with van der Waals surface area (Å²) < 4.78 is 0. The highest BCUT2D eigenvalue weighted by atomic mass is 16.3. The van der Waals surface area contributed by atoms with E-state index >= 15 is 0 Å². The van der Waals surface area contributed by atoms with Crippen LogP contribution in [-0.4, -0.2) is 41.4 Å². The van der Waals surface area contributed by atoms with Crippen LogP contribution in [-0.2, 0) is 9.59 Å². The molecule has 1 saturated carbocycles. The van der Waals surface area contributed by atoms with Gasteiger partial charge in [-0.2, -0.15) is 0 Å². The lowest BCUT2D eigenvalue weighted by Gasteiger charge is -2.31. The van der Waals surface area contributed by atoms with Gasteiger partial charge in [0.05, 0.1) is 5.69 Å². The van der Waals surface area contributed by atoms with Crippen molar-refractivity contribution in [3.05, 3.63) is 30.3 Å². The highest BCUT2D eigenvalue weighted by Crippen LogP contribution is 2.23. The van der Waals surface area contributed by atoms with Crippen LogP contribution in [0.15, 0.2) is 35.3 Å². The normalized spacial score (nSPS) is 26.5. The quantitative estimate of drug-likeness (QED) is 0.709. The van der Waals surface area contributed by atoms with E-state index < -0.39 is 6.04 Å². The van der Waals surface area contributed by atoms with Crippen molar-refractivity contribution in [3.63, 3.8) is 0 Å². The molecule has 3 N–H and O–H groups in total. The molecule has 2 amide bonds. The van der Waals surface area contributed by atoms with Crippen LogP contribution in [0.25, 0.3) is 0 Å². The number of aliphatic hydroxyl groups excluding tert-OH is 1. The molecule has 3 rings (SSSR count). The molecule has 1 aliphatic carbocycles. The van der Waals surface area contributed by atoms with Gasteiger partial charge in [0.15, 0.2) is 0 Å². The summed E-state index contributed by atoms with van der Waals surface area (Å²) in [4.78, 5) is 29.4. The maximum atomic E-state index is 12.7. The maximum Gasteiger partial charge on any atom is 0.288 e. The van der Waals surface area contributed by atoms with E-state index in [-0.39, 0.29) is 36.2 Å². The SMILES string of the molecule is C[C@@H]1N=C(C(=O)N[C@H]2CCCCC[C@H]2CO)NN(c2ccccc2)C1=O. The number of benzene rings is 1. The van der Waals surface area contributed by atoms with Gasteiger partial charge in [0, 0.05) is 18.6 Å². The van der Waals surface area contributed by atoms with Gasteiger partial charge < -0.3 is 10.4 Å². The minimum absolute atomic E-state index is 0.0647. The average molecular weight is 358 g/mol. The Hall–Kier alpha value is -2.41. The Labute approximate surface area is 153 Å². The molecule has 0 saturated heterocycles. The zero-order valence-electron chi connectivity index (χ0n) is 15.0. The van der Waals surface area contributed by atoms with Gasteiger partial charge in [0.1, 0.15) is 6.04 Å². The molecule has 2 aliphatic rings. The summed E-state index contributed by atoms with van der Waals surface area (Å²) in [7, 11) is 0. The van der Waals surface area contributed by atoms with E-state index in [9.17, 15) is 14.7 Å². The van der Waals surface area contributed by atoms with Gasteiger partial charge in [-0.25, -0.2) is 10.0 Å². The highest BCUT2D eigenvalue weighted by Gasteiger charge is 2.32. The molecule has 1 fully saturated rings. The lowest BCUT2D eigenvalue weighted by atomic mass is 9.95. The molecule has 1 aromatic carbocycles. The molecule has 0 radical (unpaired) electrons. The predicted octanol–water partition coefficient (Wildman–Crippen LogP) is 1.38. The second kappa shape index (κ2) is 8.31. The van der Waals surface area contributed by atoms with Crippen LogP contribution in [0.1, 0.15) is 39.0 Å². The number of rotatable bonds is 4. The van der Waals surface area contributed by atoms with E-state index in [1.807, 2.05) is 18.2 Å². The number of para-hydroxylation sites is 1. The Morgan fingerprint density at radius 3 is 2.73 bits per heavy atom. The third-order valence-electron chi connectivity index (χ3n) is 5.06. The van der Waals surface area contributed by atoms with Crippen LogP contribution < -0.4 is 15.8 Å². The number of aliphatic imine (C=N–C) groups is 1. The van der Waals surface area contributed by atoms with Gasteiger partial charge in [-0.15, -0.1) is 0 Å². The summed E-state index contributed by atoms with van der Waals surface area (Å²) in [5.74, 6) is -0.358. The van der Waals surface area contributed by atoms with Gasteiger partial charge in [-0.05, 0) is 31.9 Å². The molecule has 0 unspecified atom stereocenters. The Morgan fingerprint density at radius 1 is 1.27 bits per heavy atom. The molecule has 0 bridgehead atoms. The minimum Gasteiger partial charge on any atom is -0.396 e. The van der Waals surface area contributed by atoms with Crippen molar-refractivity contribution in [1.29, 1.82) is 0 Å². The lowest BCUT2D eigenvalue weighted by molar-refractivity contribution is -0.120. The number of carbonyl (C=O) groups is 2. The zero-order chi connectivity index (χ0) is 18.5. The number of nitrogens with zero attached hydrogens (tertiary/aromatic N) is 2. The summed E-state index contributed by atoms with van der Waals surface area (Å²) in [6.45, 7) is 1.74. The number of hydrogen-bond donors (Lipinski definition) is 3. The third kappa shape index (κ3) is 4.04. The molecule has 0 spiro atoms. The molecule has 1 aromatic rings. The Balaban J connectivity index is 1.74. The molecule has 1 heterocycles. The van der Waals surface area contributed by atoms with Crippen LogP contribution in [0, 0.1) is 5.92 Å². The topological polar surface area (TPSA) is 94.0 Å². The van der Waals surface area contributed by atoms with E-state index in [4.69, 9.17) is 0 Å².